The van der Waals surface area contributed by atoms with Crippen molar-refractivity contribution in [3.63, 3.8) is 0 Å². The minimum absolute atomic E-state index is 0.171. The lowest BCUT2D eigenvalue weighted by molar-refractivity contribution is -0.130. The number of fused-ring (bicyclic) bond motifs is 3. The Hall–Kier alpha value is -4.37. The van der Waals surface area contributed by atoms with E-state index >= 15 is 0 Å². The van der Waals surface area contributed by atoms with E-state index in [0.717, 1.165) is 47.5 Å². The molecule has 0 saturated carbocycles. The van der Waals surface area contributed by atoms with E-state index in [4.69, 9.17) is 19.2 Å². The van der Waals surface area contributed by atoms with Crippen LogP contribution in [0.2, 0.25) is 0 Å². The van der Waals surface area contributed by atoms with Crippen LogP contribution in [0.1, 0.15) is 47.2 Å². The summed E-state index contributed by atoms with van der Waals surface area (Å²) >= 11 is 0. The van der Waals surface area contributed by atoms with Crippen LogP contribution in [-0.2, 0) is 11.2 Å². The number of rotatable bonds is 12. The topological polar surface area (TPSA) is 106 Å². The van der Waals surface area contributed by atoms with E-state index in [9.17, 15) is 9.59 Å². The Balaban J connectivity index is 1.21. The number of aromatic nitrogens is 2. The van der Waals surface area contributed by atoms with Gasteiger partial charge >= 0.3 is 0 Å². The number of aryl methyl sites for hydroxylation is 1. The van der Waals surface area contributed by atoms with Gasteiger partial charge in [-0.15, -0.1) is 0 Å². The summed E-state index contributed by atoms with van der Waals surface area (Å²) in [6.45, 7) is 3.74. The smallest absolute Gasteiger partial charge is 0.263 e. The minimum Gasteiger partial charge on any atom is -0.496 e. The van der Waals surface area contributed by atoms with Crippen LogP contribution >= 0.6 is 0 Å². The highest BCUT2D eigenvalue weighted by molar-refractivity contribution is 6.17. The van der Waals surface area contributed by atoms with Gasteiger partial charge in [-0.2, -0.15) is 0 Å². The molecule has 1 aliphatic rings. The van der Waals surface area contributed by atoms with E-state index in [1.54, 1.807) is 21.3 Å². The fraction of sp³-hybridized carbons (Fsp3) is 0.344. The van der Waals surface area contributed by atoms with Gasteiger partial charge < -0.3 is 24.5 Å². The molecule has 5 rings (SSSR count). The Morgan fingerprint density at radius 1 is 0.902 bits per heavy atom. The number of carbonyl (C=O) groups excluding carboxylic acids is 2. The summed E-state index contributed by atoms with van der Waals surface area (Å²) < 4.78 is 16.2. The van der Waals surface area contributed by atoms with Crippen molar-refractivity contribution in [2.24, 2.45) is 0 Å². The molecule has 0 aliphatic carbocycles. The molecule has 1 aromatic heterocycles. The first kappa shape index (κ1) is 28.2. The van der Waals surface area contributed by atoms with Gasteiger partial charge in [0, 0.05) is 6.54 Å². The number of benzene rings is 3. The zero-order valence-corrected chi connectivity index (χ0v) is 24.0. The molecule has 1 unspecified atom stereocenters. The SMILES string of the molecule is COc1ccc(CCCNCCCN2C(=O)c3c(ccc4[nH]c(-c5ccccc5OC)nc34)C(C)C2=O)cc1OC. The van der Waals surface area contributed by atoms with Crippen molar-refractivity contribution in [3.05, 3.63) is 71.3 Å². The van der Waals surface area contributed by atoms with Crippen molar-refractivity contribution in [2.45, 2.75) is 32.1 Å². The maximum Gasteiger partial charge on any atom is 0.263 e. The van der Waals surface area contributed by atoms with E-state index in [-0.39, 0.29) is 11.8 Å². The summed E-state index contributed by atoms with van der Waals surface area (Å²) in [5.41, 5.74) is 4.52. The molecular formula is C32H36N4O5. The van der Waals surface area contributed by atoms with Gasteiger partial charge in [0.25, 0.3) is 5.91 Å². The number of hydrogen-bond donors (Lipinski definition) is 2. The molecule has 1 atom stereocenters. The van der Waals surface area contributed by atoms with Crippen molar-refractivity contribution in [3.8, 4) is 28.6 Å². The third kappa shape index (κ3) is 5.63. The van der Waals surface area contributed by atoms with Crippen molar-refractivity contribution in [1.82, 2.24) is 20.2 Å². The number of imide groups is 1. The first-order valence-electron chi connectivity index (χ1n) is 13.9. The molecule has 0 spiro atoms. The second-order valence-corrected chi connectivity index (χ2v) is 10.1. The number of para-hydroxylation sites is 1. The summed E-state index contributed by atoms with van der Waals surface area (Å²) in [6, 6.07) is 17.3. The van der Waals surface area contributed by atoms with Crippen LogP contribution in [0.3, 0.4) is 0 Å². The van der Waals surface area contributed by atoms with E-state index in [1.165, 1.54) is 10.5 Å². The summed E-state index contributed by atoms with van der Waals surface area (Å²) in [5.74, 6) is 1.87. The van der Waals surface area contributed by atoms with Crippen molar-refractivity contribution < 1.29 is 23.8 Å². The van der Waals surface area contributed by atoms with Crippen molar-refractivity contribution in [1.29, 1.82) is 0 Å². The molecule has 41 heavy (non-hydrogen) atoms. The number of aromatic amines is 1. The molecular weight excluding hydrogens is 520 g/mol. The Kier molecular flexibility index (Phi) is 8.54. The van der Waals surface area contributed by atoms with Gasteiger partial charge in [0.2, 0.25) is 5.91 Å². The first-order valence-corrected chi connectivity index (χ1v) is 13.9. The third-order valence-corrected chi connectivity index (χ3v) is 7.61. The standard InChI is InChI=1S/C32H36N4O5/c1-20-22-13-14-24-29(35-30(34-24)23-10-5-6-11-25(23)39-2)28(22)32(38)36(31(20)37)18-8-17-33-16-7-9-21-12-15-26(40-3)27(19-21)41-4/h5-6,10-15,19-20,33H,7-9,16-18H2,1-4H3,(H,34,35). The number of carbonyl (C=O) groups is 2. The molecule has 214 valence electrons. The number of hydrogen-bond acceptors (Lipinski definition) is 7. The normalized spacial score (nSPS) is 14.8. The van der Waals surface area contributed by atoms with Gasteiger partial charge in [-0.05, 0) is 80.7 Å². The molecule has 4 aromatic rings. The number of H-pyrrole nitrogens is 1. The highest BCUT2D eigenvalue weighted by Gasteiger charge is 2.38. The molecule has 9 heteroatoms. The molecule has 9 nitrogen and oxygen atoms in total. The van der Waals surface area contributed by atoms with Gasteiger partial charge in [-0.3, -0.25) is 14.5 Å². The predicted molar refractivity (Wildman–Crippen MR) is 158 cm³/mol. The maximum atomic E-state index is 13.7. The predicted octanol–water partition coefficient (Wildman–Crippen LogP) is 4.95. The fourth-order valence-electron chi connectivity index (χ4n) is 5.40. The monoisotopic (exact) mass is 556 g/mol. The molecule has 3 aromatic carbocycles. The minimum atomic E-state index is -0.423. The van der Waals surface area contributed by atoms with Gasteiger partial charge in [0.15, 0.2) is 11.5 Å². The average Bonchev–Trinajstić information content (AvgIpc) is 3.44. The summed E-state index contributed by atoms with van der Waals surface area (Å²) in [6.07, 6.45) is 2.52. The average molecular weight is 557 g/mol. The quantitative estimate of drug-likeness (QED) is 0.188. The van der Waals surface area contributed by atoms with Crippen molar-refractivity contribution in [2.75, 3.05) is 41.0 Å². The van der Waals surface area contributed by atoms with Crippen LogP contribution in [-0.4, -0.2) is 67.6 Å². The van der Waals surface area contributed by atoms with Gasteiger partial charge in [0.05, 0.1) is 43.9 Å². The first-order chi connectivity index (χ1) is 20.0. The second kappa shape index (κ2) is 12.4. The number of amides is 2. The number of nitrogens with one attached hydrogen (secondary N) is 2. The molecule has 0 radical (unpaired) electrons. The molecule has 2 amide bonds. The molecule has 2 N–H and O–H groups in total. The lowest BCUT2D eigenvalue weighted by atomic mass is 9.89. The third-order valence-electron chi connectivity index (χ3n) is 7.61. The number of ether oxygens (including phenoxy) is 3. The Labute approximate surface area is 239 Å². The van der Waals surface area contributed by atoms with Crippen LogP contribution in [0, 0.1) is 0 Å². The number of methoxy groups -OCH3 is 3. The summed E-state index contributed by atoms with van der Waals surface area (Å²) in [7, 11) is 4.88. The number of nitrogens with zero attached hydrogens (tertiary/aromatic N) is 2. The molecule has 0 fully saturated rings. The van der Waals surface area contributed by atoms with Crippen LogP contribution < -0.4 is 19.5 Å². The largest absolute Gasteiger partial charge is 0.496 e. The van der Waals surface area contributed by atoms with Gasteiger partial charge in [-0.1, -0.05) is 24.3 Å². The van der Waals surface area contributed by atoms with Crippen molar-refractivity contribution >= 4 is 22.8 Å². The zero-order chi connectivity index (χ0) is 28.9. The maximum absolute atomic E-state index is 13.7. The highest BCUT2D eigenvalue weighted by atomic mass is 16.5. The van der Waals surface area contributed by atoms with Gasteiger partial charge in [-0.25, -0.2) is 4.98 Å². The second-order valence-electron chi connectivity index (χ2n) is 10.1. The lowest BCUT2D eigenvalue weighted by Crippen LogP contribution is -2.45. The number of imidazole rings is 1. The van der Waals surface area contributed by atoms with E-state index in [1.807, 2.05) is 61.5 Å². The van der Waals surface area contributed by atoms with Crippen LogP contribution in [0.15, 0.2) is 54.6 Å². The highest BCUT2D eigenvalue weighted by Crippen LogP contribution is 2.36. The van der Waals surface area contributed by atoms with E-state index in [0.29, 0.717) is 42.2 Å². The van der Waals surface area contributed by atoms with Gasteiger partial charge in [0.1, 0.15) is 17.1 Å². The Morgan fingerprint density at radius 2 is 1.66 bits per heavy atom. The Bertz CT molecular complexity index is 1560. The zero-order valence-electron chi connectivity index (χ0n) is 24.0. The Morgan fingerprint density at radius 3 is 2.44 bits per heavy atom. The van der Waals surface area contributed by atoms with Crippen LogP contribution in [0.4, 0.5) is 0 Å². The van der Waals surface area contributed by atoms with Crippen LogP contribution in [0.5, 0.6) is 17.2 Å². The fourth-order valence-corrected chi connectivity index (χ4v) is 5.40. The summed E-state index contributed by atoms with van der Waals surface area (Å²) in [4.78, 5) is 36.4. The van der Waals surface area contributed by atoms with E-state index < -0.39 is 5.92 Å². The lowest BCUT2D eigenvalue weighted by Gasteiger charge is -2.31. The van der Waals surface area contributed by atoms with E-state index in [2.05, 4.69) is 10.3 Å². The summed E-state index contributed by atoms with van der Waals surface area (Å²) in [5, 5.41) is 3.43. The van der Waals surface area contributed by atoms with Crippen LogP contribution in [0.25, 0.3) is 22.4 Å². The molecule has 2 heterocycles. The molecule has 1 aliphatic heterocycles. The molecule has 0 bridgehead atoms. The molecule has 0 saturated heterocycles.